The van der Waals surface area contributed by atoms with Crippen molar-refractivity contribution in [1.29, 1.82) is 0 Å². The van der Waals surface area contributed by atoms with E-state index in [9.17, 15) is 14.4 Å². The van der Waals surface area contributed by atoms with Crippen LogP contribution in [0.4, 0.5) is 0 Å². The average molecular weight is 504 g/mol. The Morgan fingerprint density at radius 3 is 2.03 bits per heavy atom. The molecule has 1 aromatic carbocycles. The molecule has 1 atom stereocenters. The molecule has 1 aliphatic rings. The molecule has 0 bridgehead atoms. The van der Waals surface area contributed by atoms with Crippen LogP contribution in [0.5, 0.6) is 0 Å². The molecule has 0 aromatic heterocycles. The molecule has 0 spiro atoms. The number of carbonyl (C=O) groups excluding carboxylic acids is 3. The fourth-order valence-corrected chi connectivity index (χ4v) is 6.28. The van der Waals surface area contributed by atoms with Crippen LogP contribution in [0.1, 0.15) is 78.7 Å². The van der Waals surface area contributed by atoms with Gasteiger partial charge in [-0.15, -0.1) is 0 Å². The first-order valence-electron chi connectivity index (χ1n) is 13.0. The average Bonchev–Trinajstić information content (AvgIpc) is 2.67. The van der Waals surface area contributed by atoms with E-state index >= 15 is 0 Å². The van der Waals surface area contributed by atoms with Gasteiger partial charge < -0.3 is 19.3 Å². The lowest BCUT2D eigenvalue weighted by atomic mass is 9.59. The molecule has 0 radical (unpaired) electrons. The van der Waals surface area contributed by atoms with E-state index in [1.807, 2.05) is 51.5 Å². The molecule has 1 aromatic rings. The minimum Gasteiger partial charge on any atom is -0.461 e. The summed E-state index contributed by atoms with van der Waals surface area (Å²) in [5.41, 5.74) is 0.864. The number of quaternary nitrogens is 1. The highest BCUT2D eigenvalue weighted by molar-refractivity contribution is 5.82. The molecule has 7 nitrogen and oxygen atoms in total. The van der Waals surface area contributed by atoms with Gasteiger partial charge in [-0.05, 0) is 42.6 Å². The highest BCUT2D eigenvalue weighted by Crippen LogP contribution is 2.49. The predicted octanol–water partition coefficient (Wildman–Crippen LogP) is 4.63. The summed E-state index contributed by atoms with van der Waals surface area (Å²) >= 11 is 0. The van der Waals surface area contributed by atoms with E-state index in [0.29, 0.717) is 11.0 Å². The molecule has 0 heterocycles. The lowest BCUT2D eigenvalue weighted by molar-refractivity contribution is -0.873. The third-order valence-electron chi connectivity index (χ3n) is 6.38. The number of nitrogens with one attached hydrogen (secondary N) is 1. The molecule has 1 amide bonds. The van der Waals surface area contributed by atoms with Gasteiger partial charge in [0, 0.05) is 12.0 Å². The number of likely N-dealkylation sites (N-methyl/N-ethyl adjacent to an activating group) is 1. The van der Waals surface area contributed by atoms with Gasteiger partial charge in [0.15, 0.2) is 6.10 Å². The van der Waals surface area contributed by atoms with Crippen molar-refractivity contribution in [2.24, 2.45) is 10.8 Å². The fourth-order valence-electron chi connectivity index (χ4n) is 6.28. The Morgan fingerprint density at radius 1 is 0.889 bits per heavy atom. The topological polar surface area (TPSA) is 81.7 Å². The van der Waals surface area contributed by atoms with Gasteiger partial charge in [-0.2, -0.15) is 0 Å². The van der Waals surface area contributed by atoms with Crippen molar-refractivity contribution in [2.45, 2.75) is 91.4 Å². The first-order valence-corrected chi connectivity index (χ1v) is 13.0. The second-order valence-corrected chi connectivity index (χ2v) is 13.4. The largest absolute Gasteiger partial charge is 0.461 e. The van der Waals surface area contributed by atoms with Crippen molar-refractivity contribution in [1.82, 2.24) is 5.32 Å². The van der Waals surface area contributed by atoms with Crippen LogP contribution in [-0.4, -0.2) is 61.7 Å². The summed E-state index contributed by atoms with van der Waals surface area (Å²) in [6, 6.07) is 9.45. The number of ether oxygens (including phenoxy) is 2. The van der Waals surface area contributed by atoms with Crippen molar-refractivity contribution in [3.63, 3.8) is 0 Å². The molecule has 36 heavy (non-hydrogen) atoms. The van der Waals surface area contributed by atoms with Gasteiger partial charge in [0.05, 0.1) is 34.0 Å². The lowest BCUT2D eigenvalue weighted by Gasteiger charge is -2.51. The maximum atomic E-state index is 12.8. The van der Waals surface area contributed by atoms with Crippen LogP contribution < -0.4 is 5.32 Å². The molecule has 202 valence electrons. The van der Waals surface area contributed by atoms with Crippen LogP contribution in [0, 0.1) is 10.8 Å². The van der Waals surface area contributed by atoms with Crippen molar-refractivity contribution < 1.29 is 28.3 Å². The third-order valence-corrected chi connectivity index (χ3v) is 6.38. The van der Waals surface area contributed by atoms with Crippen molar-refractivity contribution >= 4 is 17.8 Å². The van der Waals surface area contributed by atoms with Crippen LogP contribution in [0.2, 0.25) is 0 Å². The van der Waals surface area contributed by atoms with Gasteiger partial charge >= 0.3 is 11.9 Å². The van der Waals surface area contributed by atoms with Crippen molar-refractivity contribution in [2.75, 3.05) is 27.7 Å². The number of hydrogen-bond donors (Lipinski definition) is 1. The van der Waals surface area contributed by atoms with E-state index in [4.69, 9.17) is 9.47 Å². The standard InChI is InChI=1S/C29H46N2O5/c1-27(2)19-28(3,4)21-29(5,20-27)30-24(32)14-15-25(33)36-23(17-31(6,7)8)16-26(34)35-18-22-12-10-9-11-13-22/h9-13,23H,14-21H2,1-8H3/p+1/t23-/m1/s1. The lowest BCUT2D eigenvalue weighted by Crippen LogP contribution is -2.54. The number of amides is 1. The molecule has 1 aliphatic carbocycles. The molecule has 1 fully saturated rings. The van der Waals surface area contributed by atoms with Gasteiger partial charge in [-0.1, -0.05) is 58.0 Å². The highest BCUT2D eigenvalue weighted by atomic mass is 16.6. The number of carbonyl (C=O) groups is 3. The monoisotopic (exact) mass is 503 g/mol. The van der Waals surface area contributed by atoms with E-state index in [-0.39, 0.29) is 48.1 Å². The smallest absolute Gasteiger partial charge is 0.310 e. The van der Waals surface area contributed by atoms with E-state index in [2.05, 4.69) is 39.9 Å². The van der Waals surface area contributed by atoms with Gasteiger partial charge in [0.1, 0.15) is 13.2 Å². The van der Waals surface area contributed by atoms with Crippen molar-refractivity contribution in [3.05, 3.63) is 35.9 Å². The highest BCUT2D eigenvalue weighted by Gasteiger charge is 2.45. The zero-order valence-electron chi connectivity index (χ0n) is 23.6. The summed E-state index contributed by atoms with van der Waals surface area (Å²) < 4.78 is 11.5. The van der Waals surface area contributed by atoms with E-state index in [1.165, 1.54) is 0 Å². The third kappa shape index (κ3) is 11.1. The van der Waals surface area contributed by atoms with Crippen LogP contribution >= 0.6 is 0 Å². The van der Waals surface area contributed by atoms with Crippen LogP contribution in [0.25, 0.3) is 0 Å². The molecular formula is C29H47N2O5+. The van der Waals surface area contributed by atoms with E-state index in [0.717, 1.165) is 24.8 Å². The summed E-state index contributed by atoms with van der Waals surface area (Å²) in [5.74, 6) is -1.04. The minimum atomic E-state index is -0.624. The SMILES string of the molecule is CC1(C)CC(C)(C)CC(C)(NC(=O)CCC(=O)O[C@H](CC(=O)OCc2ccccc2)C[N+](C)(C)C)C1. The van der Waals surface area contributed by atoms with Gasteiger partial charge in [-0.3, -0.25) is 14.4 Å². The van der Waals surface area contributed by atoms with Crippen LogP contribution in [-0.2, 0) is 30.5 Å². The zero-order chi connectivity index (χ0) is 27.2. The maximum absolute atomic E-state index is 12.8. The molecule has 7 heteroatoms. The summed E-state index contributed by atoms with van der Waals surface area (Å²) in [4.78, 5) is 37.8. The molecule has 1 saturated carbocycles. The second kappa shape index (κ2) is 11.8. The minimum absolute atomic E-state index is 0.0253. The van der Waals surface area contributed by atoms with E-state index < -0.39 is 18.0 Å². The van der Waals surface area contributed by atoms with Gasteiger partial charge in [0.2, 0.25) is 5.91 Å². The number of hydrogen-bond acceptors (Lipinski definition) is 5. The number of esters is 2. The zero-order valence-corrected chi connectivity index (χ0v) is 23.6. The molecule has 0 aliphatic heterocycles. The van der Waals surface area contributed by atoms with Crippen LogP contribution in [0.15, 0.2) is 30.3 Å². The molecule has 0 unspecified atom stereocenters. The summed E-state index contributed by atoms with van der Waals surface area (Å²) in [5, 5.41) is 3.19. The van der Waals surface area contributed by atoms with Crippen LogP contribution in [0.3, 0.4) is 0 Å². The van der Waals surface area contributed by atoms with E-state index in [1.54, 1.807) is 0 Å². The number of nitrogens with zero attached hydrogens (tertiary/aromatic N) is 1. The van der Waals surface area contributed by atoms with Crippen molar-refractivity contribution in [3.8, 4) is 0 Å². The molecule has 1 N–H and O–H groups in total. The quantitative estimate of drug-likeness (QED) is 0.352. The fraction of sp³-hybridized carbons (Fsp3) is 0.690. The Labute approximate surface area is 217 Å². The Hall–Kier alpha value is -2.41. The van der Waals surface area contributed by atoms with Gasteiger partial charge in [-0.25, -0.2) is 0 Å². The normalized spacial score (nSPS) is 19.1. The molecule has 2 rings (SSSR count). The molecular weight excluding hydrogens is 456 g/mol. The maximum Gasteiger partial charge on any atom is 0.310 e. The summed E-state index contributed by atoms with van der Waals surface area (Å²) in [6.07, 6.45) is 2.29. The first kappa shape index (κ1) is 29.8. The molecule has 0 saturated heterocycles. The summed E-state index contributed by atoms with van der Waals surface area (Å²) in [6.45, 7) is 11.7. The van der Waals surface area contributed by atoms with Gasteiger partial charge in [0.25, 0.3) is 0 Å². The predicted molar refractivity (Wildman–Crippen MR) is 141 cm³/mol. The summed E-state index contributed by atoms with van der Waals surface area (Å²) in [7, 11) is 5.91. The number of rotatable bonds is 11. The Kier molecular flexibility index (Phi) is 9.74. The Balaban J connectivity index is 1.87. The Morgan fingerprint density at radius 2 is 1.47 bits per heavy atom. The second-order valence-electron chi connectivity index (χ2n) is 13.4. The Bertz CT molecular complexity index is 886. The number of benzene rings is 1. The first-order chi connectivity index (χ1) is 16.5.